The van der Waals surface area contributed by atoms with Gasteiger partial charge in [0.25, 0.3) is 5.91 Å². The van der Waals surface area contributed by atoms with Crippen LogP contribution in [0.2, 0.25) is 0 Å². The zero-order valence-electron chi connectivity index (χ0n) is 17.0. The topological polar surface area (TPSA) is 79.7 Å². The molecule has 32 heavy (non-hydrogen) atoms. The zero-order chi connectivity index (χ0) is 22.2. The van der Waals surface area contributed by atoms with Crippen molar-refractivity contribution in [2.75, 3.05) is 11.5 Å². The molecule has 2 aromatic carbocycles. The van der Waals surface area contributed by atoms with E-state index in [4.69, 9.17) is 4.74 Å². The minimum atomic E-state index is -0.773. The van der Waals surface area contributed by atoms with Crippen LogP contribution in [0.3, 0.4) is 0 Å². The van der Waals surface area contributed by atoms with Crippen LogP contribution in [0.15, 0.2) is 77.4 Å². The average molecular weight is 463 g/mol. The highest BCUT2D eigenvalue weighted by molar-refractivity contribution is 7.22. The number of thiophene rings is 1. The molecule has 8 heteroatoms. The smallest absolute Gasteiger partial charge is 0.296 e. The van der Waals surface area contributed by atoms with Gasteiger partial charge in [-0.25, -0.2) is 4.98 Å². The van der Waals surface area contributed by atoms with Gasteiger partial charge in [-0.2, -0.15) is 0 Å². The summed E-state index contributed by atoms with van der Waals surface area (Å²) in [5.41, 5.74) is 1.50. The van der Waals surface area contributed by atoms with E-state index in [1.807, 2.05) is 55.5 Å². The predicted octanol–water partition coefficient (Wildman–Crippen LogP) is 5.54. The third-order valence-corrected chi connectivity index (χ3v) is 7.06. The lowest BCUT2D eigenvalue weighted by Crippen LogP contribution is -2.30. The molecule has 3 heterocycles. The molecule has 0 saturated carbocycles. The fraction of sp³-hybridized carbons (Fsp3) is 0.125. The molecule has 5 rings (SSSR count). The van der Waals surface area contributed by atoms with Crippen molar-refractivity contribution in [1.82, 2.24) is 4.98 Å². The molecule has 0 fully saturated rings. The molecule has 0 aliphatic carbocycles. The summed E-state index contributed by atoms with van der Waals surface area (Å²) in [5.74, 6) is -0.812. The zero-order valence-corrected chi connectivity index (χ0v) is 18.7. The number of aliphatic hydroxyl groups is 1. The summed E-state index contributed by atoms with van der Waals surface area (Å²) in [6, 6.07) is 17.5. The van der Waals surface area contributed by atoms with Gasteiger partial charge < -0.3 is 9.84 Å². The molecule has 0 unspecified atom stereocenters. The maximum absolute atomic E-state index is 13.3. The summed E-state index contributed by atoms with van der Waals surface area (Å²) < 4.78 is 6.42. The quantitative estimate of drug-likeness (QED) is 0.381. The number of hydrogen-bond acceptors (Lipinski definition) is 7. The Labute approximate surface area is 192 Å². The fourth-order valence-electron chi connectivity index (χ4n) is 3.78. The van der Waals surface area contributed by atoms with Gasteiger partial charge in [-0.15, -0.1) is 11.3 Å². The summed E-state index contributed by atoms with van der Waals surface area (Å²) in [4.78, 5) is 33.0. The molecule has 2 aromatic heterocycles. The number of nitrogens with zero attached hydrogens (tertiary/aromatic N) is 2. The van der Waals surface area contributed by atoms with Crippen molar-refractivity contribution < 1.29 is 19.4 Å². The normalized spacial score (nSPS) is 16.2. The molecule has 0 spiro atoms. The van der Waals surface area contributed by atoms with Gasteiger partial charge in [0.05, 0.1) is 33.3 Å². The first-order chi connectivity index (χ1) is 15.6. The molecule has 1 aliphatic heterocycles. The molecule has 0 radical (unpaired) electrons. The van der Waals surface area contributed by atoms with Gasteiger partial charge in [0.1, 0.15) is 5.75 Å². The van der Waals surface area contributed by atoms with Gasteiger partial charge in [0.15, 0.2) is 10.9 Å². The van der Waals surface area contributed by atoms with Crippen molar-refractivity contribution >= 4 is 49.7 Å². The number of benzene rings is 2. The summed E-state index contributed by atoms with van der Waals surface area (Å²) in [6.07, 6.45) is 0. The number of amides is 1. The Balaban J connectivity index is 1.64. The molecule has 0 saturated heterocycles. The number of Topliss-reactive ketones (excluding diaryl/α,β-unsaturated/α-hetero) is 1. The molecule has 1 N–H and O–H groups in total. The fourth-order valence-corrected chi connectivity index (χ4v) is 5.48. The maximum atomic E-state index is 13.3. The van der Waals surface area contributed by atoms with E-state index >= 15 is 0 Å². The molecule has 1 amide bonds. The molecule has 160 valence electrons. The highest BCUT2D eigenvalue weighted by Crippen LogP contribution is 2.44. The van der Waals surface area contributed by atoms with E-state index in [2.05, 4.69) is 4.98 Å². The van der Waals surface area contributed by atoms with E-state index in [0.29, 0.717) is 22.1 Å². The SMILES string of the molecule is CCOc1ccc2nc(N3C(=O)C(O)=C(C(=O)c4cccs4)[C@@H]3c3ccccc3)sc2c1. The lowest BCUT2D eigenvalue weighted by molar-refractivity contribution is -0.117. The number of carbonyl (C=O) groups is 2. The maximum Gasteiger partial charge on any atom is 0.296 e. The summed E-state index contributed by atoms with van der Waals surface area (Å²) in [6.45, 7) is 2.46. The van der Waals surface area contributed by atoms with Crippen LogP contribution in [-0.2, 0) is 4.79 Å². The second kappa shape index (κ2) is 8.22. The number of carbonyl (C=O) groups excluding carboxylic acids is 2. The molecule has 0 bridgehead atoms. The third kappa shape index (κ3) is 3.37. The highest BCUT2D eigenvalue weighted by Gasteiger charge is 2.46. The number of ketones is 1. The minimum absolute atomic E-state index is 0.0675. The van der Waals surface area contributed by atoms with E-state index < -0.39 is 17.7 Å². The lowest BCUT2D eigenvalue weighted by atomic mass is 9.96. The van der Waals surface area contributed by atoms with Crippen LogP contribution >= 0.6 is 22.7 Å². The van der Waals surface area contributed by atoms with Crippen molar-refractivity contribution in [2.45, 2.75) is 13.0 Å². The van der Waals surface area contributed by atoms with Crippen molar-refractivity contribution in [2.24, 2.45) is 0 Å². The van der Waals surface area contributed by atoms with Gasteiger partial charge in [-0.1, -0.05) is 47.7 Å². The van der Waals surface area contributed by atoms with Gasteiger partial charge in [-0.05, 0) is 42.1 Å². The molecular formula is C24H18N2O4S2. The van der Waals surface area contributed by atoms with Gasteiger partial charge in [0, 0.05) is 0 Å². The Morgan fingerprint density at radius 2 is 1.97 bits per heavy atom. The van der Waals surface area contributed by atoms with Crippen LogP contribution in [-0.4, -0.2) is 28.4 Å². The standard InChI is InChI=1S/C24H18N2O4S2/c1-2-30-15-10-11-16-18(13-15)32-24(25-16)26-20(14-7-4-3-5-8-14)19(22(28)23(26)29)21(27)17-9-6-12-31-17/h3-13,20,28H,2H2,1H3/t20-/m0/s1. The second-order valence-electron chi connectivity index (χ2n) is 7.12. The number of aromatic nitrogens is 1. The van der Waals surface area contributed by atoms with E-state index in [-0.39, 0.29) is 11.4 Å². The molecule has 6 nitrogen and oxygen atoms in total. The summed E-state index contributed by atoms with van der Waals surface area (Å²) in [5, 5.41) is 13.0. The highest BCUT2D eigenvalue weighted by atomic mass is 32.1. The van der Waals surface area contributed by atoms with Crippen molar-refractivity contribution in [3.05, 3.63) is 87.8 Å². The van der Waals surface area contributed by atoms with Crippen LogP contribution in [0, 0.1) is 0 Å². The summed E-state index contributed by atoms with van der Waals surface area (Å²) in [7, 11) is 0. The minimum Gasteiger partial charge on any atom is -0.503 e. The third-order valence-electron chi connectivity index (χ3n) is 5.18. The number of hydrogen-bond donors (Lipinski definition) is 1. The van der Waals surface area contributed by atoms with Crippen LogP contribution < -0.4 is 9.64 Å². The molecule has 4 aromatic rings. The van der Waals surface area contributed by atoms with Crippen LogP contribution in [0.25, 0.3) is 10.2 Å². The van der Waals surface area contributed by atoms with Crippen molar-refractivity contribution in [3.8, 4) is 5.75 Å². The van der Waals surface area contributed by atoms with E-state index in [1.165, 1.54) is 27.6 Å². The number of ether oxygens (including phenoxy) is 1. The first kappa shape index (κ1) is 20.4. The Kier molecular flexibility index (Phi) is 5.24. The van der Waals surface area contributed by atoms with Crippen LogP contribution in [0.4, 0.5) is 5.13 Å². The summed E-state index contributed by atoms with van der Waals surface area (Å²) >= 11 is 2.59. The number of thiazole rings is 1. The van der Waals surface area contributed by atoms with Crippen molar-refractivity contribution in [3.63, 3.8) is 0 Å². The van der Waals surface area contributed by atoms with Crippen LogP contribution in [0.5, 0.6) is 5.75 Å². The Morgan fingerprint density at radius 1 is 1.16 bits per heavy atom. The Bertz CT molecular complexity index is 1340. The molecule has 1 aliphatic rings. The average Bonchev–Trinajstić information content (AvgIpc) is 3.53. The van der Waals surface area contributed by atoms with Gasteiger partial charge in [-0.3, -0.25) is 14.5 Å². The van der Waals surface area contributed by atoms with E-state index in [9.17, 15) is 14.7 Å². The molecule has 1 atom stereocenters. The number of rotatable bonds is 6. The number of aliphatic hydroxyl groups excluding tert-OH is 1. The number of anilines is 1. The van der Waals surface area contributed by atoms with E-state index in [0.717, 1.165) is 16.0 Å². The Morgan fingerprint density at radius 3 is 2.69 bits per heavy atom. The monoisotopic (exact) mass is 462 g/mol. The lowest BCUT2D eigenvalue weighted by Gasteiger charge is -2.24. The first-order valence-electron chi connectivity index (χ1n) is 10.0. The molecular weight excluding hydrogens is 444 g/mol. The van der Waals surface area contributed by atoms with E-state index in [1.54, 1.807) is 17.5 Å². The largest absolute Gasteiger partial charge is 0.503 e. The predicted molar refractivity (Wildman–Crippen MR) is 126 cm³/mol. The number of fused-ring (bicyclic) bond motifs is 1. The van der Waals surface area contributed by atoms with Crippen LogP contribution in [0.1, 0.15) is 28.2 Å². The van der Waals surface area contributed by atoms with Gasteiger partial charge >= 0.3 is 0 Å². The van der Waals surface area contributed by atoms with Gasteiger partial charge in [0.2, 0.25) is 5.78 Å². The second-order valence-corrected chi connectivity index (χ2v) is 9.07. The Hall–Kier alpha value is -3.49. The van der Waals surface area contributed by atoms with Crippen molar-refractivity contribution in [1.29, 1.82) is 0 Å². The first-order valence-corrected chi connectivity index (χ1v) is 11.7.